The van der Waals surface area contributed by atoms with Crippen molar-refractivity contribution in [2.75, 3.05) is 0 Å². The third-order valence-electron chi connectivity index (χ3n) is 7.51. The Morgan fingerprint density at radius 2 is 1.35 bits per heavy atom. The molecular weight excluding hydrogens is 459 g/mol. The van der Waals surface area contributed by atoms with E-state index in [9.17, 15) is 0 Å². The van der Waals surface area contributed by atoms with Crippen molar-refractivity contribution in [1.29, 1.82) is 0 Å². The van der Waals surface area contributed by atoms with Crippen LogP contribution in [0, 0.1) is 0 Å². The first-order chi connectivity index (χ1) is 16.0. The number of hydrogen-bond donors (Lipinski definition) is 0. The molecule has 3 aliphatic rings. The van der Waals surface area contributed by atoms with E-state index in [1.54, 1.807) is 0 Å². The summed E-state index contributed by atoms with van der Waals surface area (Å²) < 4.78 is 13.8. The van der Waals surface area contributed by atoms with Crippen LogP contribution in [0.15, 0.2) is 48.2 Å². The zero-order valence-corrected chi connectivity index (χ0v) is 23.5. The molecule has 1 unspecified atom stereocenters. The van der Waals surface area contributed by atoms with Gasteiger partial charge in [0.15, 0.2) is 0 Å². The molecule has 4 rings (SSSR count). The van der Waals surface area contributed by atoms with Gasteiger partial charge in [-0.15, -0.1) is 12.4 Å². The SMILES string of the molecule is CC(C)OC1=C(c2ccccc2)C(OC(C)C)(P(C2CCCCC2)C2CCCCC2)CC=C1.Cl. The van der Waals surface area contributed by atoms with Crippen molar-refractivity contribution in [3.05, 3.63) is 53.8 Å². The first kappa shape index (κ1) is 27.8. The summed E-state index contributed by atoms with van der Waals surface area (Å²) in [5, 5.41) is -0.256. The Hall–Kier alpha value is -0.820. The molecule has 1 atom stereocenters. The molecule has 0 aliphatic heterocycles. The van der Waals surface area contributed by atoms with Crippen LogP contribution in [0.2, 0.25) is 0 Å². The summed E-state index contributed by atoms with van der Waals surface area (Å²) in [4.78, 5) is 0. The smallest absolute Gasteiger partial charge is 0.126 e. The van der Waals surface area contributed by atoms with Crippen LogP contribution in [0.3, 0.4) is 0 Å². The second-order valence-corrected chi connectivity index (χ2v) is 13.8. The Morgan fingerprint density at radius 1 is 0.794 bits per heavy atom. The predicted molar refractivity (Wildman–Crippen MR) is 150 cm³/mol. The molecule has 4 heteroatoms. The molecule has 0 N–H and O–H groups in total. The van der Waals surface area contributed by atoms with Gasteiger partial charge in [-0.25, -0.2) is 0 Å². The highest BCUT2D eigenvalue weighted by Gasteiger charge is 2.52. The summed E-state index contributed by atoms with van der Waals surface area (Å²) in [5.41, 5.74) is 4.25. The van der Waals surface area contributed by atoms with Crippen LogP contribution in [-0.2, 0) is 9.47 Å². The summed E-state index contributed by atoms with van der Waals surface area (Å²) in [6, 6.07) is 11.0. The summed E-state index contributed by atoms with van der Waals surface area (Å²) in [6.07, 6.45) is 19.9. The number of ether oxygens (including phenoxy) is 2. The normalized spacial score (nSPS) is 24.7. The molecule has 0 bridgehead atoms. The second kappa shape index (κ2) is 12.9. The number of hydrogen-bond acceptors (Lipinski definition) is 2. The molecule has 2 saturated carbocycles. The van der Waals surface area contributed by atoms with Gasteiger partial charge < -0.3 is 9.47 Å². The van der Waals surface area contributed by atoms with Gasteiger partial charge in [0.25, 0.3) is 0 Å². The molecule has 34 heavy (non-hydrogen) atoms. The highest BCUT2D eigenvalue weighted by atomic mass is 35.5. The van der Waals surface area contributed by atoms with Crippen LogP contribution in [0.1, 0.15) is 104 Å². The summed E-state index contributed by atoms with van der Waals surface area (Å²) >= 11 is 0. The lowest BCUT2D eigenvalue weighted by molar-refractivity contribution is 0.0111. The molecule has 1 aromatic rings. The standard InChI is InChI=1S/C30H45O2P.ClH/c1-23(2)31-28-21-14-22-30(32-24(3)4,29(28)25-15-8-5-9-16-25)33(26-17-10-6-11-18-26)27-19-12-7-13-20-27;/h5,8-9,14-16,21,23-24,26-27H,6-7,10-13,17-20,22H2,1-4H3;1H. The van der Waals surface area contributed by atoms with Gasteiger partial charge in [0.05, 0.1) is 12.2 Å². The molecule has 1 aromatic carbocycles. The predicted octanol–water partition coefficient (Wildman–Crippen LogP) is 9.47. The van der Waals surface area contributed by atoms with E-state index >= 15 is 0 Å². The van der Waals surface area contributed by atoms with Crippen molar-refractivity contribution < 1.29 is 9.47 Å². The van der Waals surface area contributed by atoms with Crippen LogP contribution in [-0.4, -0.2) is 28.9 Å². The lowest BCUT2D eigenvalue weighted by Crippen LogP contribution is -2.43. The van der Waals surface area contributed by atoms with Crippen molar-refractivity contribution in [1.82, 2.24) is 0 Å². The van der Waals surface area contributed by atoms with Crippen LogP contribution in [0.4, 0.5) is 0 Å². The van der Waals surface area contributed by atoms with Crippen molar-refractivity contribution >= 4 is 25.9 Å². The Bertz CT molecular complexity index is 788. The fraction of sp³-hybridized carbons (Fsp3) is 0.667. The molecule has 190 valence electrons. The van der Waals surface area contributed by atoms with E-state index in [1.807, 2.05) is 0 Å². The number of allylic oxidation sites excluding steroid dienone is 1. The molecule has 0 heterocycles. The summed E-state index contributed by atoms with van der Waals surface area (Å²) in [7, 11) is -0.358. The van der Waals surface area contributed by atoms with Crippen LogP contribution in [0.5, 0.6) is 0 Å². The monoisotopic (exact) mass is 504 g/mol. The van der Waals surface area contributed by atoms with E-state index in [0.29, 0.717) is 0 Å². The van der Waals surface area contributed by atoms with Gasteiger partial charge in [0.2, 0.25) is 0 Å². The summed E-state index contributed by atoms with van der Waals surface area (Å²) in [5.74, 6) is 1.04. The van der Waals surface area contributed by atoms with E-state index in [-0.39, 0.29) is 37.9 Å². The molecule has 0 radical (unpaired) electrons. The average molecular weight is 505 g/mol. The molecule has 0 saturated heterocycles. The molecule has 0 aromatic heterocycles. The molecule has 0 amide bonds. The van der Waals surface area contributed by atoms with Crippen molar-refractivity contribution in [2.24, 2.45) is 0 Å². The zero-order chi connectivity index (χ0) is 23.3. The zero-order valence-electron chi connectivity index (χ0n) is 21.8. The number of halogens is 1. The highest BCUT2D eigenvalue weighted by Crippen LogP contribution is 2.70. The molecular formula is C30H46ClO2P. The number of rotatable bonds is 8. The Kier molecular flexibility index (Phi) is 10.6. The van der Waals surface area contributed by atoms with E-state index in [0.717, 1.165) is 23.5 Å². The second-order valence-electron chi connectivity index (χ2n) is 10.8. The van der Waals surface area contributed by atoms with Crippen LogP contribution in [0.25, 0.3) is 5.57 Å². The van der Waals surface area contributed by atoms with Crippen LogP contribution < -0.4 is 0 Å². The van der Waals surface area contributed by atoms with E-state index in [1.165, 1.54) is 75.3 Å². The van der Waals surface area contributed by atoms with E-state index < -0.39 is 0 Å². The maximum atomic E-state index is 7.27. The number of benzene rings is 1. The summed E-state index contributed by atoms with van der Waals surface area (Å²) in [6.45, 7) is 8.77. The maximum absolute atomic E-state index is 7.27. The minimum absolute atomic E-state index is 0. The lowest BCUT2D eigenvalue weighted by atomic mass is 9.92. The molecule has 2 fully saturated rings. The van der Waals surface area contributed by atoms with Gasteiger partial charge in [0, 0.05) is 12.0 Å². The van der Waals surface area contributed by atoms with Crippen LogP contribution >= 0.6 is 20.3 Å². The van der Waals surface area contributed by atoms with Gasteiger partial charge in [-0.2, -0.15) is 0 Å². The van der Waals surface area contributed by atoms with Gasteiger partial charge in [-0.05, 0) is 76.3 Å². The maximum Gasteiger partial charge on any atom is 0.126 e. The van der Waals surface area contributed by atoms with Gasteiger partial charge in [0.1, 0.15) is 11.1 Å². The van der Waals surface area contributed by atoms with Crippen molar-refractivity contribution in [3.63, 3.8) is 0 Å². The van der Waals surface area contributed by atoms with Gasteiger partial charge in [-0.1, -0.05) is 82.9 Å². The molecule has 3 aliphatic carbocycles. The average Bonchev–Trinajstić information content (AvgIpc) is 2.80. The van der Waals surface area contributed by atoms with Crippen molar-refractivity contribution in [2.45, 2.75) is 127 Å². The fourth-order valence-corrected chi connectivity index (χ4v) is 11.2. The fourth-order valence-electron chi connectivity index (χ4n) is 6.43. The quantitative estimate of drug-likeness (QED) is 0.328. The van der Waals surface area contributed by atoms with Crippen molar-refractivity contribution in [3.8, 4) is 0 Å². The highest BCUT2D eigenvalue weighted by molar-refractivity contribution is 7.61. The van der Waals surface area contributed by atoms with Gasteiger partial charge in [-0.3, -0.25) is 0 Å². The van der Waals surface area contributed by atoms with E-state index in [4.69, 9.17) is 9.47 Å². The minimum atomic E-state index is -0.358. The van der Waals surface area contributed by atoms with Gasteiger partial charge >= 0.3 is 0 Å². The lowest BCUT2D eigenvalue weighted by Gasteiger charge is -2.53. The Morgan fingerprint density at radius 3 is 1.85 bits per heavy atom. The first-order valence-electron chi connectivity index (χ1n) is 13.6. The third kappa shape index (κ3) is 6.29. The Labute approximate surface area is 216 Å². The molecule has 0 spiro atoms. The topological polar surface area (TPSA) is 18.5 Å². The minimum Gasteiger partial charge on any atom is -0.491 e. The Balaban J connectivity index is 0.00000324. The van der Waals surface area contributed by atoms with E-state index in [2.05, 4.69) is 70.2 Å². The first-order valence-corrected chi connectivity index (χ1v) is 15.1. The third-order valence-corrected chi connectivity index (χ3v) is 11.5. The molecule has 2 nitrogen and oxygen atoms in total. The largest absolute Gasteiger partial charge is 0.491 e.